The molecule has 0 radical (unpaired) electrons. The zero-order valence-electron chi connectivity index (χ0n) is 9.12. The molecule has 0 aliphatic heterocycles. The zero-order chi connectivity index (χ0) is 10.8. The highest BCUT2D eigenvalue weighted by Crippen LogP contribution is 2.53. The van der Waals surface area contributed by atoms with Gasteiger partial charge in [0.2, 0.25) is 0 Å². The van der Waals surface area contributed by atoms with Gasteiger partial charge in [-0.05, 0) is 18.8 Å². The lowest BCUT2D eigenvalue weighted by molar-refractivity contribution is 0.435. The van der Waals surface area contributed by atoms with Crippen LogP contribution in [-0.4, -0.2) is 10.2 Å². The van der Waals surface area contributed by atoms with Crippen molar-refractivity contribution in [3.05, 3.63) is 11.1 Å². The maximum Gasteiger partial charge on any atom is 0.178 e. The first-order valence-corrected chi connectivity index (χ1v) is 6.59. The van der Waals surface area contributed by atoms with Gasteiger partial charge in [-0.25, -0.2) is 0 Å². The molecular weight excluding hydrogens is 208 g/mol. The van der Waals surface area contributed by atoms with Gasteiger partial charge in [0.15, 0.2) is 10.1 Å². The number of thiophene rings is 1. The van der Waals surface area contributed by atoms with Crippen LogP contribution in [0.1, 0.15) is 56.1 Å². The third-order valence-corrected chi connectivity index (χ3v) is 4.12. The molecular formula is C12H18O2S. The molecule has 1 atom stereocenters. The summed E-state index contributed by atoms with van der Waals surface area (Å²) in [5, 5.41) is 19.7. The monoisotopic (exact) mass is 226 g/mol. The predicted octanol–water partition coefficient (Wildman–Crippen LogP) is 3.77. The van der Waals surface area contributed by atoms with Crippen molar-refractivity contribution < 1.29 is 10.2 Å². The summed E-state index contributed by atoms with van der Waals surface area (Å²) in [6.07, 6.45) is 7.23. The molecule has 84 valence electrons. The molecule has 1 aliphatic rings. The van der Waals surface area contributed by atoms with Gasteiger partial charge in [-0.3, -0.25) is 0 Å². The summed E-state index contributed by atoms with van der Waals surface area (Å²) < 4.78 is 0. The Kier molecular flexibility index (Phi) is 3.19. The predicted molar refractivity (Wildman–Crippen MR) is 62.9 cm³/mol. The normalized spacial score (nSPS) is 18.6. The van der Waals surface area contributed by atoms with Crippen molar-refractivity contribution in [1.82, 2.24) is 0 Å². The molecule has 0 aromatic carbocycles. The molecule has 0 saturated heterocycles. The van der Waals surface area contributed by atoms with Crippen molar-refractivity contribution in [2.45, 2.75) is 51.4 Å². The Morgan fingerprint density at radius 1 is 1.20 bits per heavy atom. The minimum Gasteiger partial charge on any atom is -0.499 e. The molecule has 3 heteroatoms. The van der Waals surface area contributed by atoms with Crippen LogP contribution in [0.15, 0.2) is 0 Å². The first kappa shape index (κ1) is 10.8. The maximum absolute atomic E-state index is 9.60. The van der Waals surface area contributed by atoms with Crippen molar-refractivity contribution >= 4 is 11.3 Å². The van der Waals surface area contributed by atoms with Gasteiger partial charge in [0, 0.05) is 11.1 Å². The lowest BCUT2D eigenvalue weighted by Gasteiger charge is -2.26. The van der Waals surface area contributed by atoms with Gasteiger partial charge < -0.3 is 10.2 Å². The summed E-state index contributed by atoms with van der Waals surface area (Å²) in [6.45, 7) is 2.21. The first-order chi connectivity index (χ1) is 7.24. The maximum atomic E-state index is 9.60. The lowest BCUT2D eigenvalue weighted by Crippen LogP contribution is -2.14. The van der Waals surface area contributed by atoms with E-state index in [1.165, 1.54) is 25.7 Å². The topological polar surface area (TPSA) is 40.5 Å². The van der Waals surface area contributed by atoms with Crippen LogP contribution in [0.25, 0.3) is 0 Å². The molecule has 2 rings (SSSR count). The Hall–Kier alpha value is -0.700. The molecule has 1 aromatic rings. The van der Waals surface area contributed by atoms with E-state index in [9.17, 15) is 10.2 Å². The second-order valence-corrected chi connectivity index (χ2v) is 5.33. The lowest BCUT2D eigenvalue weighted by atomic mass is 9.77. The van der Waals surface area contributed by atoms with E-state index >= 15 is 0 Å². The van der Waals surface area contributed by atoms with Crippen molar-refractivity contribution in [1.29, 1.82) is 0 Å². The molecule has 1 aromatic heterocycles. The zero-order valence-corrected chi connectivity index (χ0v) is 9.94. The quantitative estimate of drug-likeness (QED) is 0.750. The molecule has 1 heterocycles. The van der Waals surface area contributed by atoms with Crippen LogP contribution >= 0.6 is 11.3 Å². The second-order valence-electron chi connectivity index (χ2n) is 4.35. The Morgan fingerprint density at radius 3 is 2.67 bits per heavy atom. The van der Waals surface area contributed by atoms with Gasteiger partial charge in [-0.1, -0.05) is 43.9 Å². The highest BCUT2D eigenvalue weighted by atomic mass is 32.1. The van der Waals surface area contributed by atoms with E-state index in [0.29, 0.717) is 16.0 Å². The number of rotatable bonds is 5. The molecule has 15 heavy (non-hydrogen) atoms. The van der Waals surface area contributed by atoms with E-state index < -0.39 is 0 Å². The van der Waals surface area contributed by atoms with E-state index in [2.05, 4.69) is 6.92 Å². The average Bonchev–Trinajstić information content (AvgIpc) is 2.35. The van der Waals surface area contributed by atoms with E-state index in [1.807, 2.05) is 0 Å². The summed E-state index contributed by atoms with van der Waals surface area (Å²) in [7, 11) is 0. The van der Waals surface area contributed by atoms with Crippen LogP contribution in [0.5, 0.6) is 10.1 Å². The Bertz CT molecular complexity index is 344. The smallest absolute Gasteiger partial charge is 0.178 e. The summed E-state index contributed by atoms with van der Waals surface area (Å²) in [4.78, 5) is 0. The third kappa shape index (κ3) is 1.98. The average molecular weight is 226 g/mol. The fourth-order valence-electron chi connectivity index (χ4n) is 2.35. The van der Waals surface area contributed by atoms with Crippen molar-refractivity contribution in [2.24, 2.45) is 0 Å². The first-order valence-electron chi connectivity index (χ1n) is 5.77. The minimum atomic E-state index is 0.326. The van der Waals surface area contributed by atoms with Crippen molar-refractivity contribution in [2.75, 3.05) is 0 Å². The van der Waals surface area contributed by atoms with Crippen molar-refractivity contribution in [3.63, 3.8) is 0 Å². The molecule has 0 saturated carbocycles. The van der Waals surface area contributed by atoms with Gasteiger partial charge in [0.25, 0.3) is 0 Å². The largest absolute Gasteiger partial charge is 0.499 e. The van der Waals surface area contributed by atoms with E-state index in [1.54, 1.807) is 0 Å². The standard InChI is InChI=1S/C12H18O2S/c1-2-3-4-5-6-8-7-9-10(8)12(14)15-11(9)13/h8,13-14H,2-7H2,1H3. The van der Waals surface area contributed by atoms with Gasteiger partial charge >= 0.3 is 0 Å². The summed E-state index contributed by atoms with van der Waals surface area (Å²) in [6, 6.07) is 0. The van der Waals surface area contributed by atoms with Crippen LogP contribution in [0.2, 0.25) is 0 Å². The number of unbranched alkanes of at least 4 members (excludes halogenated alkanes) is 3. The second kappa shape index (κ2) is 4.44. The molecule has 1 unspecified atom stereocenters. The highest BCUT2D eigenvalue weighted by Gasteiger charge is 2.34. The number of hydrogen-bond acceptors (Lipinski definition) is 3. The van der Waals surface area contributed by atoms with Crippen LogP contribution in [0.4, 0.5) is 0 Å². The number of aromatic hydroxyl groups is 2. The summed E-state index contributed by atoms with van der Waals surface area (Å²) in [5.74, 6) is 0.508. The molecule has 1 aliphatic carbocycles. The fourth-order valence-corrected chi connectivity index (χ4v) is 3.25. The van der Waals surface area contributed by atoms with Gasteiger partial charge in [0.1, 0.15) is 0 Å². The van der Waals surface area contributed by atoms with E-state index in [-0.39, 0.29) is 0 Å². The Balaban J connectivity index is 1.86. The molecule has 0 fully saturated rings. The molecule has 2 nitrogen and oxygen atoms in total. The Labute approximate surface area is 94.6 Å². The van der Waals surface area contributed by atoms with Crippen molar-refractivity contribution in [3.8, 4) is 10.1 Å². The molecule has 0 amide bonds. The van der Waals surface area contributed by atoms with E-state index in [4.69, 9.17) is 0 Å². The fraction of sp³-hybridized carbons (Fsp3) is 0.667. The van der Waals surface area contributed by atoms with Crippen LogP contribution in [-0.2, 0) is 6.42 Å². The molecule has 0 spiro atoms. The molecule has 2 N–H and O–H groups in total. The minimum absolute atomic E-state index is 0.326. The number of hydrogen-bond donors (Lipinski definition) is 2. The van der Waals surface area contributed by atoms with E-state index in [0.717, 1.165) is 35.3 Å². The SMILES string of the molecule is CCCCCCC1Cc2c(O)sc(O)c21. The van der Waals surface area contributed by atoms with Gasteiger partial charge in [-0.15, -0.1) is 0 Å². The van der Waals surface area contributed by atoms with Crippen LogP contribution < -0.4 is 0 Å². The van der Waals surface area contributed by atoms with Gasteiger partial charge in [0.05, 0.1) is 0 Å². The highest BCUT2D eigenvalue weighted by molar-refractivity contribution is 7.15. The van der Waals surface area contributed by atoms with Crippen LogP contribution in [0.3, 0.4) is 0 Å². The van der Waals surface area contributed by atoms with Crippen LogP contribution in [0, 0.1) is 0 Å². The number of fused-ring (bicyclic) bond motifs is 1. The summed E-state index contributed by atoms with van der Waals surface area (Å²) >= 11 is 1.12. The summed E-state index contributed by atoms with van der Waals surface area (Å²) in [5.41, 5.74) is 2.03. The van der Waals surface area contributed by atoms with Gasteiger partial charge in [-0.2, -0.15) is 0 Å². The molecule has 0 bridgehead atoms. The third-order valence-electron chi connectivity index (χ3n) is 3.27. The Morgan fingerprint density at radius 2 is 2.00 bits per heavy atom.